The van der Waals surface area contributed by atoms with E-state index in [0.29, 0.717) is 13.0 Å². The number of carbonyl (C=O) groups is 1. The third-order valence-corrected chi connectivity index (χ3v) is 2.69. The van der Waals surface area contributed by atoms with Gasteiger partial charge in [-0.05, 0) is 26.0 Å². The zero-order valence-corrected chi connectivity index (χ0v) is 10.2. The van der Waals surface area contributed by atoms with Gasteiger partial charge in [0.2, 0.25) is 0 Å². The van der Waals surface area contributed by atoms with Gasteiger partial charge in [-0.2, -0.15) is 0 Å². The molecular formula is C13H19NO3. The zero-order chi connectivity index (χ0) is 12.8. The molecule has 0 bridgehead atoms. The molecule has 17 heavy (non-hydrogen) atoms. The number of rotatable bonds is 6. The number of hydrogen-bond donors (Lipinski definition) is 2. The number of aliphatic carboxylic acids is 1. The number of nitrogens with zero attached hydrogens (tertiary/aromatic N) is 1. The summed E-state index contributed by atoms with van der Waals surface area (Å²) in [5.41, 5.74) is 0.757. The smallest absolute Gasteiger partial charge is 0.325 e. The predicted octanol–water partition coefficient (Wildman–Crippen LogP) is 1.52. The van der Waals surface area contributed by atoms with Crippen LogP contribution in [0.5, 0.6) is 0 Å². The highest BCUT2D eigenvalue weighted by Crippen LogP contribution is 2.19. The molecule has 2 N–H and O–H groups in total. The third-order valence-electron chi connectivity index (χ3n) is 2.69. The van der Waals surface area contributed by atoms with Gasteiger partial charge in [-0.15, -0.1) is 0 Å². The first-order valence-electron chi connectivity index (χ1n) is 5.68. The van der Waals surface area contributed by atoms with Crippen molar-refractivity contribution in [1.29, 1.82) is 0 Å². The van der Waals surface area contributed by atoms with Crippen LogP contribution in [0.4, 0.5) is 0 Å². The highest BCUT2D eigenvalue weighted by atomic mass is 16.4. The second-order valence-electron chi connectivity index (χ2n) is 4.27. The summed E-state index contributed by atoms with van der Waals surface area (Å²) in [4.78, 5) is 13.0. The Morgan fingerprint density at radius 3 is 2.41 bits per heavy atom. The lowest BCUT2D eigenvalue weighted by atomic mass is 10.1. The number of benzene rings is 1. The maximum absolute atomic E-state index is 11.3. The van der Waals surface area contributed by atoms with E-state index >= 15 is 0 Å². The molecule has 0 radical (unpaired) electrons. The fraction of sp³-hybridized carbons (Fsp3) is 0.462. The van der Waals surface area contributed by atoms with Crippen LogP contribution >= 0.6 is 0 Å². The monoisotopic (exact) mass is 237 g/mol. The van der Waals surface area contributed by atoms with Gasteiger partial charge in [0.25, 0.3) is 0 Å². The lowest BCUT2D eigenvalue weighted by Crippen LogP contribution is -2.32. The van der Waals surface area contributed by atoms with E-state index in [1.54, 1.807) is 31.0 Å². The number of aliphatic hydroxyl groups is 1. The largest absolute Gasteiger partial charge is 0.480 e. The van der Waals surface area contributed by atoms with Crippen molar-refractivity contribution >= 4 is 5.97 Å². The Bertz CT molecular complexity index is 351. The summed E-state index contributed by atoms with van der Waals surface area (Å²) >= 11 is 0. The molecule has 0 fully saturated rings. The Kier molecular flexibility index (Phi) is 5.12. The Labute approximate surface area is 101 Å². The molecule has 0 spiro atoms. The molecule has 2 atom stereocenters. The molecule has 4 heteroatoms. The number of hydrogen-bond acceptors (Lipinski definition) is 3. The molecular weight excluding hydrogens is 218 g/mol. The van der Waals surface area contributed by atoms with Crippen molar-refractivity contribution in [3.63, 3.8) is 0 Å². The van der Waals surface area contributed by atoms with Crippen molar-refractivity contribution in [2.45, 2.75) is 25.5 Å². The van der Waals surface area contributed by atoms with Gasteiger partial charge in [-0.25, -0.2) is 0 Å². The van der Waals surface area contributed by atoms with Gasteiger partial charge >= 0.3 is 5.97 Å². The first-order chi connectivity index (χ1) is 8.02. The van der Waals surface area contributed by atoms with Crippen LogP contribution in [0.1, 0.15) is 24.9 Å². The van der Waals surface area contributed by atoms with E-state index in [9.17, 15) is 15.0 Å². The third kappa shape index (κ3) is 4.17. The van der Waals surface area contributed by atoms with E-state index in [2.05, 4.69) is 0 Å². The number of carboxylic acid groups (broad SMARTS) is 1. The summed E-state index contributed by atoms with van der Waals surface area (Å²) in [6, 6.07) is 8.46. The summed E-state index contributed by atoms with van der Waals surface area (Å²) in [6.07, 6.45) is 0.148. The van der Waals surface area contributed by atoms with E-state index in [-0.39, 0.29) is 0 Å². The molecule has 0 aliphatic carbocycles. The van der Waals surface area contributed by atoms with Gasteiger partial charge in [0.1, 0.15) is 6.04 Å². The molecule has 1 aromatic carbocycles. The Balaban J connectivity index is 2.76. The van der Waals surface area contributed by atoms with Crippen LogP contribution in [0, 0.1) is 0 Å². The number of aliphatic hydroxyl groups excluding tert-OH is 1. The summed E-state index contributed by atoms with van der Waals surface area (Å²) in [5.74, 6) is -0.871. The number of carboxylic acids is 1. The maximum Gasteiger partial charge on any atom is 0.325 e. The minimum Gasteiger partial charge on any atom is -0.480 e. The molecule has 0 aromatic heterocycles. The van der Waals surface area contributed by atoms with Crippen molar-refractivity contribution in [1.82, 2.24) is 4.90 Å². The Hall–Kier alpha value is -1.39. The van der Waals surface area contributed by atoms with Gasteiger partial charge in [0.15, 0.2) is 0 Å². The highest BCUT2D eigenvalue weighted by molar-refractivity contribution is 5.75. The lowest BCUT2D eigenvalue weighted by Gasteiger charge is -2.25. The van der Waals surface area contributed by atoms with E-state index < -0.39 is 18.1 Å². The summed E-state index contributed by atoms with van der Waals surface area (Å²) in [7, 11) is 1.76. The Morgan fingerprint density at radius 2 is 1.94 bits per heavy atom. The lowest BCUT2D eigenvalue weighted by molar-refractivity contribution is -0.143. The standard InChI is InChI=1S/C13H19NO3/c1-10(15)8-9-14(2)12(13(16)17)11-6-4-3-5-7-11/h3-7,10,12,15H,8-9H2,1-2H3,(H,16,17). The molecule has 0 saturated heterocycles. The van der Waals surface area contributed by atoms with Gasteiger partial charge < -0.3 is 10.2 Å². The molecule has 1 rings (SSSR count). The highest BCUT2D eigenvalue weighted by Gasteiger charge is 2.24. The molecule has 0 aliphatic heterocycles. The predicted molar refractivity (Wildman–Crippen MR) is 65.7 cm³/mol. The van der Waals surface area contributed by atoms with Crippen LogP contribution in [0.15, 0.2) is 30.3 Å². The molecule has 2 unspecified atom stereocenters. The second-order valence-corrected chi connectivity index (χ2v) is 4.27. The second kappa shape index (κ2) is 6.37. The molecule has 94 valence electrons. The first-order valence-corrected chi connectivity index (χ1v) is 5.68. The van der Waals surface area contributed by atoms with E-state index in [1.807, 2.05) is 18.2 Å². The van der Waals surface area contributed by atoms with Gasteiger partial charge in [0, 0.05) is 6.54 Å². The molecule has 0 aliphatic rings. The van der Waals surface area contributed by atoms with Crippen LogP contribution in [0.3, 0.4) is 0 Å². The maximum atomic E-state index is 11.3. The van der Waals surface area contributed by atoms with Crippen LogP contribution < -0.4 is 0 Å². The van der Waals surface area contributed by atoms with Crippen molar-refractivity contribution in [2.24, 2.45) is 0 Å². The molecule has 1 aromatic rings. The molecule has 4 nitrogen and oxygen atoms in total. The molecule has 0 amide bonds. The topological polar surface area (TPSA) is 60.8 Å². The average Bonchev–Trinajstić information content (AvgIpc) is 2.27. The van der Waals surface area contributed by atoms with E-state index in [0.717, 1.165) is 5.56 Å². The number of likely N-dealkylation sites (N-methyl/N-ethyl adjacent to an activating group) is 1. The summed E-state index contributed by atoms with van der Waals surface area (Å²) in [6.45, 7) is 2.25. The fourth-order valence-electron chi connectivity index (χ4n) is 1.74. The van der Waals surface area contributed by atoms with Crippen LogP contribution in [-0.4, -0.2) is 40.8 Å². The van der Waals surface area contributed by atoms with E-state index in [1.165, 1.54) is 0 Å². The minimum atomic E-state index is -0.871. The van der Waals surface area contributed by atoms with Gasteiger partial charge in [-0.1, -0.05) is 30.3 Å². The van der Waals surface area contributed by atoms with Crippen molar-refractivity contribution in [2.75, 3.05) is 13.6 Å². The van der Waals surface area contributed by atoms with Crippen LogP contribution in [-0.2, 0) is 4.79 Å². The van der Waals surface area contributed by atoms with Crippen molar-refractivity contribution < 1.29 is 15.0 Å². The van der Waals surface area contributed by atoms with E-state index in [4.69, 9.17) is 0 Å². The molecule has 0 saturated carbocycles. The average molecular weight is 237 g/mol. The summed E-state index contributed by atoms with van der Waals surface area (Å²) < 4.78 is 0. The minimum absolute atomic E-state index is 0.414. The SMILES string of the molecule is CC(O)CCN(C)C(C(=O)O)c1ccccc1. The molecule has 0 heterocycles. The van der Waals surface area contributed by atoms with Gasteiger partial charge in [0.05, 0.1) is 6.10 Å². The van der Waals surface area contributed by atoms with Crippen molar-refractivity contribution in [3.05, 3.63) is 35.9 Å². The van der Waals surface area contributed by atoms with Crippen LogP contribution in [0.25, 0.3) is 0 Å². The van der Waals surface area contributed by atoms with Gasteiger partial charge in [-0.3, -0.25) is 9.69 Å². The zero-order valence-electron chi connectivity index (χ0n) is 10.2. The Morgan fingerprint density at radius 1 is 1.35 bits per heavy atom. The van der Waals surface area contributed by atoms with Crippen LogP contribution in [0.2, 0.25) is 0 Å². The quantitative estimate of drug-likeness (QED) is 0.787. The fourth-order valence-corrected chi connectivity index (χ4v) is 1.74. The normalized spacial score (nSPS) is 14.6. The first kappa shape index (κ1) is 13.7. The van der Waals surface area contributed by atoms with Crippen molar-refractivity contribution in [3.8, 4) is 0 Å². The summed E-state index contributed by atoms with van der Waals surface area (Å²) in [5, 5.41) is 18.5.